The van der Waals surface area contributed by atoms with Crippen molar-refractivity contribution in [1.82, 2.24) is 0 Å². The van der Waals surface area contributed by atoms with Gasteiger partial charge >= 0.3 is 6.09 Å². The molecule has 1 rings (SSSR count). The van der Waals surface area contributed by atoms with E-state index in [0.29, 0.717) is 0 Å². The van der Waals surface area contributed by atoms with Crippen molar-refractivity contribution in [3.8, 4) is 6.07 Å². The molecule has 0 radical (unpaired) electrons. The van der Waals surface area contributed by atoms with E-state index in [2.05, 4.69) is 10.1 Å². The molecule has 0 saturated heterocycles. The van der Waals surface area contributed by atoms with Crippen molar-refractivity contribution >= 4 is 11.8 Å². The maximum Gasteiger partial charge on any atom is 0.404 e. The molecule has 0 saturated carbocycles. The van der Waals surface area contributed by atoms with Crippen LogP contribution in [0.3, 0.4) is 0 Å². The summed E-state index contributed by atoms with van der Waals surface area (Å²) in [5.41, 5.74) is 4.21. The van der Waals surface area contributed by atoms with Gasteiger partial charge in [-0.05, 0) is 12.1 Å². The maximum atomic E-state index is 13.3. The number of halogens is 2. The van der Waals surface area contributed by atoms with Crippen LogP contribution in [-0.4, -0.2) is 19.2 Å². The lowest BCUT2D eigenvalue weighted by Crippen LogP contribution is -2.19. The summed E-state index contributed by atoms with van der Waals surface area (Å²) in [7, 11) is 0. The molecule has 90 valence electrons. The van der Waals surface area contributed by atoms with Gasteiger partial charge in [0.1, 0.15) is 12.3 Å². The molecule has 0 fully saturated rings. The molecule has 7 heteroatoms. The molecule has 0 aliphatic rings. The van der Waals surface area contributed by atoms with E-state index in [1.807, 2.05) is 0 Å². The van der Waals surface area contributed by atoms with Crippen molar-refractivity contribution in [3.05, 3.63) is 29.3 Å². The summed E-state index contributed by atoms with van der Waals surface area (Å²) < 4.78 is 31.0. The first-order valence-corrected chi connectivity index (χ1v) is 4.60. The number of nitrogens with one attached hydrogen (secondary N) is 1. The lowest BCUT2D eigenvalue weighted by molar-refractivity contribution is 0.161. The molecule has 0 unspecified atom stereocenters. The molecule has 0 bridgehead atoms. The molecule has 0 aliphatic heterocycles. The van der Waals surface area contributed by atoms with E-state index < -0.39 is 17.7 Å². The Kier molecular flexibility index (Phi) is 4.22. The molecule has 0 atom stereocenters. The van der Waals surface area contributed by atoms with Gasteiger partial charge < -0.3 is 15.8 Å². The van der Waals surface area contributed by atoms with Crippen LogP contribution in [0.1, 0.15) is 5.56 Å². The third-order valence-corrected chi connectivity index (χ3v) is 1.82. The van der Waals surface area contributed by atoms with Gasteiger partial charge in [0, 0.05) is 6.54 Å². The summed E-state index contributed by atoms with van der Waals surface area (Å²) in [5, 5.41) is 10.9. The van der Waals surface area contributed by atoms with Crippen molar-refractivity contribution < 1.29 is 18.3 Å². The van der Waals surface area contributed by atoms with Crippen LogP contribution < -0.4 is 11.1 Å². The minimum Gasteiger partial charge on any atom is -0.448 e. The fourth-order valence-electron chi connectivity index (χ4n) is 1.13. The highest BCUT2D eigenvalue weighted by Gasteiger charge is 2.10. The molecule has 1 aromatic rings. The Morgan fingerprint density at radius 1 is 1.47 bits per heavy atom. The van der Waals surface area contributed by atoms with Gasteiger partial charge in [-0.2, -0.15) is 5.26 Å². The first-order valence-electron chi connectivity index (χ1n) is 4.60. The number of ether oxygens (including phenoxy) is 1. The zero-order chi connectivity index (χ0) is 12.8. The summed E-state index contributed by atoms with van der Waals surface area (Å²) in [6, 6.07) is 3.43. The lowest BCUT2D eigenvalue weighted by Gasteiger charge is -2.08. The number of nitrogens with two attached hydrogens (primary N) is 1. The molecule has 0 spiro atoms. The van der Waals surface area contributed by atoms with Crippen LogP contribution in [0.5, 0.6) is 0 Å². The number of hydrogen-bond acceptors (Lipinski definition) is 4. The zero-order valence-electron chi connectivity index (χ0n) is 8.67. The fraction of sp³-hybridized carbons (Fsp3) is 0.200. The van der Waals surface area contributed by atoms with Crippen molar-refractivity contribution in [2.24, 2.45) is 5.73 Å². The molecule has 5 nitrogen and oxygen atoms in total. The van der Waals surface area contributed by atoms with E-state index >= 15 is 0 Å². The van der Waals surface area contributed by atoms with Gasteiger partial charge in [-0.25, -0.2) is 13.6 Å². The van der Waals surface area contributed by atoms with E-state index in [0.717, 1.165) is 12.1 Å². The Labute approximate surface area is 95.8 Å². The molecule has 0 aliphatic carbocycles. The highest BCUT2D eigenvalue weighted by molar-refractivity contribution is 5.64. The maximum absolute atomic E-state index is 13.3. The van der Waals surface area contributed by atoms with Gasteiger partial charge in [0.25, 0.3) is 0 Å². The van der Waals surface area contributed by atoms with Crippen LogP contribution in [0.15, 0.2) is 12.1 Å². The standard InChI is InChI=1S/C10H9F2N3O2/c11-7-3-6(5-13)4-8(12)9(7)15-1-2-17-10(14)16/h3-4,15H,1-2H2,(H2,14,16). The van der Waals surface area contributed by atoms with Crippen LogP contribution in [-0.2, 0) is 4.74 Å². The number of nitrogens with zero attached hydrogens (tertiary/aromatic N) is 1. The van der Waals surface area contributed by atoms with Gasteiger partial charge in [0.2, 0.25) is 0 Å². The molecular formula is C10H9F2N3O2. The van der Waals surface area contributed by atoms with Gasteiger partial charge in [-0.3, -0.25) is 0 Å². The Morgan fingerprint density at radius 3 is 2.53 bits per heavy atom. The van der Waals surface area contributed by atoms with Gasteiger partial charge in [0.15, 0.2) is 11.6 Å². The van der Waals surface area contributed by atoms with Crippen LogP contribution >= 0.6 is 0 Å². The minimum absolute atomic E-state index is 0.00266. The second kappa shape index (κ2) is 5.65. The lowest BCUT2D eigenvalue weighted by atomic mass is 10.2. The van der Waals surface area contributed by atoms with Gasteiger partial charge in [-0.1, -0.05) is 0 Å². The number of amides is 1. The van der Waals surface area contributed by atoms with Gasteiger partial charge in [0.05, 0.1) is 11.6 Å². The molecule has 3 N–H and O–H groups in total. The van der Waals surface area contributed by atoms with Crippen LogP contribution in [0.25, 0.3) is 0 Å². The van der Waals surface area contributed by atoms with Crippen molar-refractivity contribution in [1.29, 1.82) is 5.26 Å². The monoisotopic (exact) mass is 241 g/mol. The molecular weight excluding hydrogens is 232 g/mol. The largest absolute Gasteiger partial charge is 0.448 e. The molecule has 17 heavy (non-hydrogen) atoms. The first-order chi connectivity index (χ1) is 8.04. The van der Waals surface area contributed by atoms with Crippen LogP contribution in [0, 0.1) is 23.0 Å². The second-order valence-electron chi connectivity index (χ2n) is 3.02. The van der Waals surface area contributed by atoms with E-state index in [1.54, 1.807) is 6.07 Å². The highest BCUT2D eigenvalue weighted by atomic mass is 19.1. The number of anilines is 1. The summed E-state index contributed by atoms with van der Waals surface area (Å²) in [5.74, 6) is -1.78. The van der Waals surface area contributed by atoms with Crippen LogP contribution in [0.4, 0.5) is 19.3 Å². The summed E-state index contributed by atoms with van der Waals surface area (Å²) >= 11 is 0. The fourth-order valence-corrected chi connectivity index (χ4v) is 1.13. The third kappa shape index (κ3) is 3.61. The average Bonchev–Trinajstić information content (AvgIpc) is 2.26. The average molecular weight is 241 g/mol. The van der Waals surface area contributed by atoms with Gasteiger partial charge in [-0.15, -0.1) is 0 Å². The van der Waals surface area contributed by atoms with Crippen LogP contribution in [0.2, 0.25) is 0 Å². The number of nitriles is 1. The molecule has 0 heterocycles. The number of carbonyl (C=O) groups is 1. The number of carbonyl (C=O) groups excluding carboxylic acids is 1. The van der Waals surface area contributed by atoms with Crippen molar-refractivity contribution in [3.63, 3.8) is 0 Å². The number of rotatable bonds is 4. The van der Waals surface area contributed by atoms with E-state index in [1.165, 1.54) is 0 Å². The minimum atomic E-state index is -0.965. The summed E-state index contributed by atoms with van der Waals surface area (Å²) in [6.45, 7) is -0.114. The second-order valence-corrected chi connectivity index (χ2v) is 3.02. The molecule has 1 aromatic carbocycles. The quantitative estimate of drug-likeness (QED) is 0.778. The molecule has 0 aromatic heterocycles. The number of benzene rings is 1. The zero-order valence-corrected chi connectivity index (χ0v) is 8.67. The predicted molar refractivity (Wildman–Crippen MR) is 55.1 cm³/mol. The van der Waals surface area contributed by atoms with E-state index in [-0.39, 0.29) is 24.4 Å². The first kappa shape index (κ1) is 12.7. The summed E-state index contributed by atoms with van der Waals surface area (Å²) in [4.78, 5) is 10.2. The normalized spacial score (nSPS) is 9.47. The topological polar surface area (TPSA) is 88.1 Å². The number of primary amides is 1. The van der Waals surface area contributed by atoms with E-state index in [9.17, 15) is 13.6 Å². The number of hydrogen-bond donors (Lipinski definition) is 2. The Balaban J connectivity index is 2.66. The molecule has 1 amide bonds. The smallest absolute Gasteiger partial charge is 0.404 e. The highest BCUT2D eigenvalue weighted by Crippen LogP contribution is 2.20. The summed E-state index contributed by atoms with van der Waals surface area (Å²) in [6.07, 6.45) is -0.965. The Hall–Kier alpha value is -2.36. The Morgan fingerprint density at radius 2 is 2.06 bits per heavy atom. The van der Waals surface area contributed by atoms with Crippen molar-refractivity contribution in [2.75, 3.05) is 18.5 Å². The van der Waals surface area contributed by atoms with Crippen molar-refractivity contribution in [2.45, 2.75) is 0 Å². The predicted octanol–water partition coefficient (Wildman–Crippen LogP) is 1.34. The van der Waals surface area contributed by atoms with E-state index in [4.69, 9.17) is 11.0 Å². The Bertz CT molecular complexity index is 448. The third-order valence-electron chi connectivity index (χ3n) is 1.82. The SMILES string of the molecule is N#Cc1cc(F)c(NCCOC(N)=O)c(F)c1.